The van der Waals surface area contributed by atoms with Gasteiger partial charge in [0.1, 0.15) is 11.6 Å². The lowest BCUT2D eigenvalue weighted by molar-refractivity contribution is -0.384. The van der Waals surface area contributed by atoms with Gasteiger partial charge in [-0.1, -0.05) is 26.8 Å². The minimum atomic E-state index is -0.486. The second-order valence-electron chi connectivity index (χ2n) is 11.0. The van der Waals surface area contributed by atoms with E-state index < -0.39 is 4.92 Å². The van der Waals surface area contributed by atoms with Gasteiger partial charge in [-0.05, 0) is 56.5 Å². The number of amides is 1. The number of nitrogens with zero attached hydrogens (tertiary/aromatic N) is 6. The number of hydrogen-bond acceptors (Lipinski definition) is 6. The van der Waals surface area contributed by atoms with E-state index in [1.165, 1.54) is 24.3 Å². The molecule has 0 bridgehead atoms. The third-order valence-corrected chi connectivity index (χ3v) is 7.32. The van der Waals surface area contributed by atoms with E-state index in [0.29, 0.717) is 25.6 Å². The molecule has 9 nitrogen and oxygen atoms in total. The summed E-state index contributed by atoms with van der Waals surface area (Å²) in [5, 5.41) is 16.3. The standard InChI is InChI=1S/C30H39FN6O3/c1-6-28-27(20-35(19-21(2)3)30(38)23-8-7-9-26(18-23)37(39)40)29(34-16-14-33(15-17-34)22(4)5)36(32-28)25-12-10-24(31)11-13-25/h7-13,18,21-22H,6,14-17,19-20H2,1-5H3. The summed E-state index contributed by atoms with van der Waals surface area (Å²) in [6, 6.07) is 12.6. The number of nitro benzene ring substituents is 1. The SMILES string of the molecule is CCc1nn(-c2ccc(F)cc2)c(N2CCN(C(C)C)CC2)c1CN(CC(C)C)C(=O)c1cccc([N+](=O)[O-])c1. The lowest BCUT2D eigenvalue weighted by Crippen LogP contribution is -2.49. The Morgan fingerprint density at radius 1 is 1.07 bits per heavy atom. The number of nitro groups is 1. The highest BCUT2D eigenvalue weighted by Crippen LogP contribution is 2.31. The molecule has 1 aliphatic heterocycles. The fraction of sp³-hybridized carbons (Fsp3) is 0.467. The number of benzene rings is 2. The molecule has 2 heterocycles. The lowest BCUT2D eigenvalue weighted by Gasteiger charge is -2.38. The first-order valence-corrected chi connectivity index (χ1v) is 14.0. The highest BCUT2D eigenvalue weighted by Gasteiger charge is 2.30. The van der Waals surface area contributed by atoms with Gasteiger partial charge in [0.15, 0.2) is 0 Å². The van der Waals surface area contributed by atoms with Crippen molar-refractivity contribution in [2.24, 2.45) is 5.92 Å². The number of non-ortho nitro benzene ring substituents is 1. The van der Waals surface area contributed by atoms with Gasteiger partial charge in [-0.15, -0.1) is 0 Å². The summed E-state index contributed by atoms with van der Waals surface area (Å²) in [5.74, 6) is 0.513. The Balaban J connectivity index is 1.78. The normalized spacial score (nSPS) is 14.2. The molecule has 1 amide bonds. The van der Waals surface area contributed by atoms with Crippen LogP contribution < -0.4 is 4.90 Å². The zero-order valence-electron chi connectivity index (χ0n) is 24.0. The van der Waals surface area contributed by atoms with Crippen molar-refractivity contribution in [3.05, 3.63) is 81.3 Å². The molecule has 3 aromatic rings. The van der Waals surface area contributed by atoms with Crippen LogP contribution in [0.5, 0.6) is 0 Å². The summed E-state index contributed by atoms with van der Waals surface area (Å²) < 4.78 is 15.7. The summed E-state index contributed by atoms with van der Waals surface area (Å²) in [5.41, 5.74) is 2.74. The molecule has 0 unspecified atom stereocenters. The first-order valence-electron chi connectivity index (χ1n) is 14.0. The van der Waals surface area contributed by atoms with Crippen molar-refractivity contribution in [3.63, 3.8) is 0 Å². The Bertz CT molecular complexity index is 1330. The Morgan fingerprint density at radius 2 is 1.75 bits per heavy atom. The topological polar surface area (TPSA) is 87.8 Å². The van der Waals surface area contributed by atoms with Crippen molar-refractivity contribution in [3.8, 4) is 5.69 Å². The van der Waals surface area contributed by atoms with Crippen molar-refractivity contribution in [2.75, 3.05) is 37.6 Å². The highest BCUT2D eigenvalue weighted by atomic mass is 19.1. The maximum atomic E-state index is 13.8. The zero-order chi connectivity index (χ0) is 29.0. The second-order valence-corrected chi connectivity index (χ2v) is 11.0. The monoisotopic (exact) mass is 550 g/mol. The van der Waals surface area contributed by atoms with Crippen molar-refractivity contribution in [2.45, 2.75) is 53.6 Å². The van der Waals surface area contributed by atoms with E-state index in [4.69, 9.17) is 5.10 Å². The second kappa shape index (κ2) is 12.6. The first-order chi connectivity index (χ1) is 19.1. The van der Waals surface area contributed by atoms with Gasteiger partial charge in [-0.2, -0.15) is 5.10 Å². The molecule has 10 heteroatoms. The molecule has 0 spiro atoms. The summed E-state index contributed by atoms with van der Waals surface area (Å²) in [6.07, 6.45) is 0.656. The van der Waals surface area contributed by atoms with Crippen LogP contribution in [0, 0.1) is 21.8 Å². The average Bonchev–Trinajstić information content (AvgIpc) is 3.30. The molecule has 0 saturated carbocycles. The lowest BCUT2D eigenvalue weighted by atomic mass is 10.1. The van der Waals surface area contributed by atoms with Crippen LogP contribution in [0.1, 0.15) is 56.2 Å². The van der Waals surface area contributed by atoms with Gasteiger partial charge in [0.05, 0.1) is 22.8 Å². The van der Waals surface area contributed by atoms with E-state index in [2.05, 4.69) is 23.6 Å². The smallest absolute Gasteiger partial charge is 0.270 e. The molecule has 2 aromatic carbocycles. The summed E-state index contributed by atoms with van der Waals surface area (Å²) in [6.45, 7) is 14.7. The number of rotatable bonds is 10. The molecule has 1 aromatic heterocycles. The molecule has 0 radical (unpaired) electrons. The maximum absolute atomic E-state index is 13.8. The Morgan fingerprint density at radius 3 is 2.33 bits per heavy atom. The van der Waals surface area contributed by atoms with Gasteiger partial charge in [0.2, 0.25) is 0 Å². The molecule has 0 aliphatic carbocycles. The van der Waals surface area contributed by atoms with E-state index in [-0.39, 0.29) is 28.9 Å². The van der Waals surface area contributed by atoms with Crippen molar-refractivity contribution in [1.29, 1.82) is 0 Å². The molecule has 4 rings (SSSR count). The molecule has 0 N–H and O–H groups in total. The number of anilines is 1. The Hall–Kier alpha value is -3.79. The van der Waals surface area contributed by atoms with E-state index in [9.17, 15) is 19.3 Å². The van der Waals surface area contributed by atoms with Crippen molar-refractivity contribution < 1.29 is 14.1 Å². The summed E-state index contributed by atoms with van der Waals surface area (Å²) in [4.78, 5) is 31.2. The highest BCUT2D eigenvalue weighted by molar-refractivity contribution is 5.95. The predicted octanol–water partition coefficient (Wildman–Crippen LogP) is 5.31. The van der Waals surface area contributed by atoms with E-state index in [0.717, 1.165) is 48.9 Å². The van der Waals surface area contributed by atoms with Crippen LogP contribution in [0.4, 0.5) is 15.9 Å². The van der Waals surface area contributed by atoms with Gasteiger partial charge in [0.25, 0.3) is 11.6 Å². The van der Waals surface area contributed by atoms with E-state index >= 15 is 0 Å². The number of carbonyl (C=O) groups excluding carboxylic acids is 1. The Kier molecular flexibility index (Phi) is 9.19. The number of halogens is 1. The molecule has 1 saturated heterocycles. The predicted molar refractivity (Wildman–Crippen MR) is 154 cm³/mol. The van der Waals surface area contributed by atoms with E-state index in [1.807, 2.05) is 25.5 Å². The van der Waals surface area contributed by atoms with Gasteiger partial charge in [-0.3, -0.25) is 19.8 Å². The third kappa shape index (κ3) is 6.50. The summed E-state index contributed by atoms with van der Waals surface area (Å²) >= 11 is 0. The molecule has 214 valence electrons. The molecule has 1 fully saturated rings. The van der Waals surface area contributed by atoms with Crippen LogP contribution >= 0.6 is 0 Å². The number of hydrogen-bond donors (Lipinski definition) is 0. The largest absolute Gasteiger partial charge is 0.354 e. The molecule has 0 atom stereocenters. The molecular formula is C30H39FN6O3. The first kappa shape index (κ1) is 29.2. The third-order valence-electron chi connectivity index (χ3n) is 7.32. The molecule has 1 aliphatic rings. The quantitative estimate of drug-likeness (QED) is 0.251. The fourth-order valence-corrected chi connectivity index (χ4v) is 5.25. The van der Waals surface area contributed by atoms with Crippen LogP contribution in [-0.4, -0.2) is 69.2 Å². The van der Waals surface area contributed by atoms with Crippen LogP contribution in [0.2, 0.25) is 0 Å². The molecule has 40 heavy (non-hydrogen) atoms. The van der Waals surface area contributed by atoms with E-state index in [1.54, 1.807) is 29.2 Å². The van der Waals surface area contributed by atoms with Gasteiger partial charge < -0.3 is 9.80 Å². The van der Waals surface area contributed by atoms with Crippen molar-refractivity contribution >= 4 is 17.4 Å². The van der Waals surface area contributed by atoms with Gasteiger partial charge in [0, 0.05) is 62.0 Å². The van der Waals surface area contributed by atoms with Gasteiger partial charge >= 0.3 is 0 Å². The fourth-order valence-electron chi connectivity index (χ4n) is 5.25. The van der Waals surface area contributed by atoms with Crippen molar-refractivity contribution in [1.82, 2.24) is 19.6 Å². The Labute approximate surface area is 235 Å². The van der Waals surface area contributed by atoms with Crippen LogP contribution in [0.15, 0.2) is 48.5 Å². The number of piperazine rings is 1. The van der Waals surface area contributed by atoms with Crippen LogP contribution in [-0.2, 0) is 13.0 Å². The number of aryl methyl sites for hydroxylation is 1. The van der Waals surface area contributed by atoms with Gasteiger partial charge in [-0.25, -0.2) is 9.07 Å². The average molecular weight is 551 g/mol. The number of carbonyl (C=O) groups is 1. The number of aromatic nitrogens is 2. The maximum Gasteiger partial charge on any atom is 0.270 e. The zero-order valence-corrected chi connectivity index (χ0v) is 24.0. The minimum Gasteiger partial charge on any atom is -0.354 e. The minimum absolute atomic E-state index is 0.113. The summed E-state index contributed by atoms with van der Waals surface area (Å²) in [7, 11) is 0. The molecular weight excluding hydrogens is 511 g/mol. The van der Waals surface area contributed by atoms with Crippen LogP contribution in [0.25, 0.3) is 5.69 Å². The van der Waals surface area contributed by atoms with Crippen LogP contribution in [0.3, 0.4) is 0 Å².